The number of aromatic nitrogens is 1. The van der Waals surface area contributed by atoms with Crippen molar-refractivity contribution in [3.05, 3.63) is 58.2 Å². The molecule has 1 aromatic carbocycles. The summed E-state index contributed by atoms with van der Waals surface area (Å²) in [7, 11) is 0. The average Bonchev–Trinajstić information content (AvgIpc) is 2.39. The van der Waals surface area contributed by atoms with Gasteiger partial charge in [0.15, 0.2) is 0 Å². The third-order valence-corrected chi connectivity index (χ3v) is 3.23. The summed E-state index contributed by atoms with van der Waals surface area (Å²) in [6.45, 7) is 2.56. The summed E-state index contributed by atoms with van der Waals surface area (Å²) >= 11 is 3.41. The zero-order valence-electron chi connectivity index (χ0n) is 10.2. The second-order valence-electron chi connectivity index (χ2n) is 4.16. The van der Waals surface area contributed by atoms with E-state index in [0.29, 0.717) is 6.54 Å². The molecule has 1 atom stereocenters. The van der Waals surface area contributed by atoms with Crippen LogP contribution >= 0.6 is 15.9 Å². The first kappa shape index (κ1) is 13.1. The van der Waals surface area contributed by atoms with Gasteiger partial charge in [0.25, 0.3) is 0 Å². The summed E-state index contributed by atoms with van der Waals surface area (Å²) in [5.74, 6) is 0.873. The highest BCUT2D eigenvalue weighted by Crippen LogP contribution is 2.22. The van der Waals surface area contributed by atoms with Crippen molar-refractivity contribution >= 4 is 21.7 Å². The first-order valence-corrected chi connectivity index (χ1v) is 6.63. The molecule has 0 aliphatic carbocycles. The molecule has 0 aliphatic heterocycles. The molecule has 1 unspecified atom stereocenters. The summed E-state index contributed by atoms with van der Waals surface area (Å²) in [4.78, 5) is 4.38. The molecule has 1 aromatic heterocycles. The smallest absolute Gasteiger partial charge is 0.129 e. The van der Waals surface area contributed by atoms with Gasteiger partial charge in [0.05, 0.1) is 6.04 Å². The lowest BCUT2D eigenvalue weighted by Crippen LogP contribution is -2.21. The van der Waals surface area contributed by atoms with E-state index in [4.69, 9.17) is 5.73 Å². The minimum absolute atomic E-state index is 0.0820. The van der Waals surface area contributed by atoms with Crippen LogP contribution in [0.1, 0.15) is 17.2 Å². The molecule has 94 valence electrons. The Hall–Kier alpha value is -1.39. The maximum atomic E-state index is 5.83. The average molecular weight is 306 g/mol. The fourth-order valence-corrected chi connectivity index (χ4v) is 2.27. The van der Waals surface area contributed by atoms with Gasteiger partial charge in [-0.15, -0.1) is 0 Å². The van der Waals surface area contributed by atoms with Crippen LogP contribution in [0.25, 0.3) is 0 Å². The predicted octanol–water partition coefficient (Wildman–Crippen LogP) is 3.26. The maximum Gasteiger partial charge on any atom is 0.129 e. The molecule has 18 heavy (non-hydrogen) atoms. The van der Waals surface area contributed by atoms with Gasteiger partial charge in [-0.2, -0.15) is 0 Å². The van der Waals surface area contributed by atoms with Crippen molar-refractivity contribution in [3.63, 3.8) is 0 Å². The Morgan fingerprint density at radius 3 is 2.67 bits per heavy atom. The van der Waals surface area contributed by atoms with E-state index >= 15 is 0 Å². The highest BCUT2D eigenvalue weighted by Gasteiger charge is 2.11. The quantitative estimate of drug-likeness (QED) is 0.911. The minimum atomic E-state index is 0.0820. The van der Waals surface area contributed by atoms with Gasteiger partial charge in [0.1, 0.15) is 5.82 Å². The molecule has 3 nitrogen and oxygen atoms in total. The van der Waals surface area contributed by atoms with Crippen LogP contribution in [0.5, 0.6) is 0 Å². The summed E-state index contributed by atoms with van der Waals surface area (Å²) in [6, 6.07) is 12.3. The number of hydrogen-bond donors (Lipinski definition) is 2. The number of hydrogen-bond acceptors (Lipinski definition) is 3. The van der Waals surface area contributed by atoms with Crippen molar-refractivity contribution in [1.82, 2.24) is 4.98 Å². The molecule has 1 heterocycles. The van der Waals surface area contributed by atoms with Gasteiger partial charge in [-0.05, 0) is 40.0 Å². The SMILES string of the molecule is Cc1cc(Br)cnc1NC(CN)c1ccccc1. The fourth-order valence-electron chi connectivity index (χ4n) is 1.82. The lowest BCUT2D eigenvalue weighted by atomic mass is 10.1. The Morgan fingerprint density at radius 1 is 1.33 bits per heavy atom. The molecule has 3 N–H and O–H groups in total. The van der Waals surface area contributed by atoms with Crippen LogP contribution < -0.4 is 11.1 Å². The van der Waals surface area contributed by atoms with Crippen molar-refractivity contribution in [1.29, 1.82) is 0 Å². The highest BCUT2D eigenvalue weighted by molar-refractivity contribution is 9.10. The monoisotopic (exact) mass is 305 g/mol. The highest BCUT2D eigenvalue weighted by atomic mass is 79.9. The Labute approximate surface area is 116 Å². The number of aryl methyl sites for hydroxylation is 1. The number of pyridine rings is 1. The van der Waals surface area contributed by atoms with Crippen molar-refractivity contribution in [2.45, 2.75) is 13.0 Å². The van der Waals surface area contributed by atoms with Crippen molar-refractivity contribution in [2.24, 2.45) is 5.73 Å². The normalized spacial score (nSPS) is 12.2. The molecule has 2 aromatic rings. The standard InChI is InChI=1S/C14H16BrN3/c1-10-7-12(15)9-17-14(10)18-13(8-16)11-5-3-2-4-6-11/h2-7,9,13H,8,16H2,1H3,(H,17,18). The van der Waals surface area contributed by atoms with Gasteiger partial charge in [-0.3, -0.25) is 0 Å². The van der Waals surface area contributed by atoms with Crippen LogP contribution in [0.15, 0.2) is 47.1 Å². The van der Waals surface area contributed by atoms with E-state index in [1.165, 1.54) is 5.56 Å². The molecule has 0 fully saturated rings. The molecular weight excluding hydrogens is 290 g/mol. The molecular formula is C14H16BrN3. The molecule has 2 rings (SSSR count). The van der Waals surface area contributed by atoms with Crippen molar-refractivity contribution in [3.8, 4) is 0 Å². The summed E-state index contributed by atoms with van der Waals surface area (Å²) in [6.07, 6.45) is 1.79. The molecule has 0 amide bonds. The third kappa shape index (κ3) is 3.09. The number of rotatable bonds is 4. The largest absolute Gasteiger partial charge is 0.362 e. The molecule has 0 saturated carbocycles. The minimum Gasteiger partial charge on any atom is -0.362 e. The molecule has 0 saturated heterocycles. The Kier molecular flexibility index (Phi) is 4.33. The second kappa shape index (κ2) is 5.98. The lowest BCUT2D eigenvalue weighted by molar-refractivity contribution is 0.782. The molecule has 0 bridgehead atoms. The van der Waals surface area contributed by atoms with Gasteiger partial charge < -0.3 is 11.1 Å². The van der Waals surface area contributed by atoms with E-state index in [1.807, 2.05) is 31.2 Å². The van der Waals surface area contributed by atoms with Gasteiger partial charge in [0.2, 0.25) is 0 Å². The van der Waals surface area contributed by atoms with Crippen LogP contribution in [0.2, 0.25) is 0 Å². The van der Waals surface area contributed by atoms with Gasteiger partial charge in [-0.25, -0.2) is 4.98 Å². The van der Waals surface area contributed by atoms with E-state index in [1.54, 1.807) is 6.20 Å². The number of benzene rings is 1. The zero-order chi connectivity index (χ0) is 13.0. The van der Waals surface area contributed by atoms with Crippen molar-refractivity contribution < 1.29 is 0 Å². The maximum absolute atomic E-state index is 5.83. The fraction of sp³-hybridized carbons (Fsp3) is 0.214. The van der Waals surface area contributed by atoms with Crippen LogP contribution in [-0.2, 0) is 0 Å². The third-order valence-electron chi connectivity index (χ3n) is 2.79. The van der Waals surface area contributed by atoms with E-state index in [-0.39, 0.29) is 6.04 Å². The molecule has 0 radical (unpaired) electrons. The van der Waals surface area contributed by atoms with E-state index in [9.17, 15) is 0 Å². The molecule has 0 aliphatic rings. The van der Waals surface area contributed by atoms with E-state index < -0.39 is 0 Å². The van der Waals surface area contributed by atoms with Gasteiger partial charge in [-0.1, -0.05) is 30.3 Å². The Balaban J connectivity index is 2.21. The first-order chi connectivity index (χ1) is 8.70. The number of nitrogens with zero attached hydrogens (tertiary/aromatic N) is 1. The number of nitrogens with two attached hydrogens (primary N) is 1. The van der Waals surface area contributed by atoms with E-state index in [0.717, 1.165) is 15.9 Å². The Bertz CT molecular complexity index is 514. The van der Waals surface area contributed by atoms with Crippen LogP contribution in [0, 0.1) is 6.92 Å². The number of nitrogens with one attached hydrogen (secondary N) is 1. The predicted molar refractivity (Wildman–Crippen MR) is 78.5 cm³/mol. The molecule has 0 spiro atoms. The number of halogens is 1. The second-order valence-corrected chi connectivity index (χ2v) is 5.08. The first-order valence-electron chi connectivity index (χ1n) is 5.84. The lowest BCUT2D eigenvalue weighted by Gasteiger charge is -2.19. The topological polar surface area (TPSA) is 50.9 Å². The van der Waals surface area contributed by atoms with Gasteiger partial charge >= 0.3 is 0 Å². The summed E-state index contributed by atoms with van der Waals surface area (Å²) < 4.78 is 0.981. The van der Waals surface area contributed by atoms with E-state index in [2.05, 4.69) is 38.4 Å². The summed E-state index contributed by atoms with van der Waals surface area (Å²) in [5.41, 5.74) is 8.10. The zero-order valence-corrected chi connectivity index (χ0v) is 11.8. The molecule has 4 heteroatoms. The van der Waals surface area contributed by atoms with Crippen LogP contribution in [0.4, 0.5) is 5.82 Å². The van der Waals surface area contributed by atoms with Crippen LogP contribution in [0.3, 0.4) is 0 Å². The van der Waals surface area contributed by atoms with Crippen LogP contribution in [-0.4, -0.2) is 11.5 Å². The summed E-state index contributed by atoms with van der Waals surface area (Å²) in [5, 5.41) is 3.38. The number of anilines is 1. The van der Waals surface area contributed by atoms with Gasteiger partial charge in [0, 0.05) is 17.2 Å². The van der Waals surface area contributed by atoms with Crippen molar-refractivity contribution in [2.75, 3.05) is 11.9 Å². The Morgan fingerprint density at radius 2 is 2.06 bits per heavy atom.